The van der Waals surface area contributed by atoms with Crippen molar-refractivity contribution in [1.29, 1.82) is 0 Å². The van der Waals surface area contributed by atoms with Gasteiger partial charge in [0.2, 0.25) is 5.89 Å². The van der Waals surface area contributed by atoms with Crippen LogP contribution in [0.1, 0.15) is 31.2 Å². The standard InChI is InChI=1S/C19H29N5O/c1-6-20-19(22-13-18-23-15(3)16(4)25-18)21-12-14(2)24(5)17-10-8-7-9-11-17/h7-11,14H,6,12-13H2,1-5H3,(H2,20,21,22). The van der Waals surface area contributed by atoms with Crippen molar-refractivity contribution < 1.29 is 4.42 Å². The number of hydrogen-bond acceptors (Lipinski definition) is 4. The molecule has 0 spiro atoms. The Balaban J connectivity index is 1.92. The van der Waals surface area contributed by atoms with Gasteiger partial charge in [0, 0.05) is 31.9 Å². The third-order valence-corrected chi connectivity index (χ3v) is 4.18. The molecule has 1 aromatic heterocycles. The number of oxazole rings is 1. The molecule has 0 radical (unpaired) electrons. The van der Waals surface area contributed by atoms with E-state index in [0.29, 0.717) is 18.5 Å². The Labute approximate surface area is 150 Å². The Morgan fingerprint density at radius 3 is 2.56 bits per heavy atom. The van der Waals surface area contributed by atoms with E-state index in [9.17, 15) is 0 Å². The van der Waals surface area contributed by atoms with E-state index in [1.54, 1.807) is 0 Å². The number of guanidine groups is 1. The highest BCUT2D eigenvalue weighted by molar-refractivity contribution is 5.79. The number of para-hydroxylation sites is 1. The number of anilines is 1. The first kappa shape index (κ1) is 18.8. The molecule has 1 aromatic carbocycles. The SMILES string of the molecule is CCNC(=NCc1nc(C)c(C)o1)NCC(C)N(C)c1ccccc1. The van der Waals surface area contributed by atoms with Gasteiger partial charge in [0.15, 0.2) is 5.96 Å². The Hall–Kier alpha value is -2.50. The number of hydrogen-bond donors (Lipinski definition) is 2. The molecule has 1 heterocycles. The molecule has 0 amide bonds. The summed E-state index contributed by atoms with van der Waals surface area (Å²) in [6, 6.07) is 10.7. The largest absolute Gasteiger partial charge is 0.444 e. The molecule has 6 heteroatoms. The highest BCUT2D eigenvalue weighted by Gasteiger charge is 2.11. The van der Waals surface area contributed by atoms with Gasteiger partial charge >= 0.3 is 0 Å². The van der Waals surface area contributed by atoms with E-state index in [-0.39, 0.29) is 0 Å². The molecule has 0 bridgehead atoms. The smallest absolute Gasteiger partial charge is 0.216 e. The van der Waals surface area contributed by atoms with Crippen molar-refractivity contribution >= 4 is 11.6 Å². The van der Waals surface area contributed by atoms with E-state index in [1.807, 2.05) is 19.9 Å². The van der Waals surface area contributed by atoms with Gasteiger partial charge in [0.05, 0.1) is 5.69 Å². The Morgan fingerprint density at radius 1 is 1.24 bits per heavy atom. The number of nitrogens with zero attached hydrogens (tertiary/aromatic N) is 3. The number of aromatic nitrogens is 1. The van der Waals surface area contributed by atoms with Crippen molar-refractivity contribution in [3.8, 4) is 0 Å². The second kappa shape index (κ2) is 9.11. The fourth-order valence-electron chi connectivity index (χ4n) is 2.39. The molecule has 1 atom stereocenters. The van der Waals surface area contributed by atoms with Gasteiger partial charge < -0.3 is 20.0 Å². The third kappa shape index (κ3) is 5.52. The normalized spacial score (nSPS) is 12.8. The average Bonchev–Trinajstić information content (AvgIpc) is 2.95. The Bertz CT molecular complexity index is 661. The average molecular weight is 343 g/mol. The first-order chi connectivity index (χ1) is 12.0. The van der Waals surface area contributed by atoms with Crippen LogP contribution in [0.4, 0.5) is 5.69 Å². The molecule has 2 N–H and O–H groups in total. The van der Waals surface area contributed by atoms with Crippen LogP contribution in [0.3, 0.4) is 0 Å². The first-order valence-corrected chi connectivity index (χ1v) is 8.74. The lowest BCUT2D eigenvalue weighted by molar-refractivity contribution is 0.472. The number of rotatable bonds is 7. The molecule has 136 valence electrons. The van der Waals surface area contributed by atoms with Crippen molar-refractivity contribution in [1.82, 2.24) is 15.6 Å². The highest BCUT2D eigenvalue weighted by atomic mass is 16.4. The van der Waals surface area contributed by atoms with Crippen molar-refractivity contribution in [2.45, 2.75) is 40.3 Å². The molecule has 0 fully saturated rings. The number of aliphatic imine (C=N–C) groups is 1. The van der Waals surface area contributed by atoms with Crippen LogP contribution in [0.25, 0.3) is 0 Å². The van der Waals surface area contributed by atoms with Crippen LogP contribution in [0.5, 0.6) is 0 Å². The predicted molar refractivity (Wildman–Crippen MR) is 103 cm³/mol. The van der Waals surface area contributed by atoms with Crippen LogP contribution in [0.15, 0.2) is 39.7 Å². The van der Waals surface area contributed by atoms with E-state index < -0.39 is 0 Å². The summed E-state index contributed by atoms with van der Waals surface area (Å²) in [5.41, 5.74) is 2.12. The molecule has 1 unspecified atom stereocenters. The molecule has 25 heavy (non-hydrogen) atoms. The van der Waals surface area contributed by atoms with Crippen LogP contribution < -0.4 is 15.5 Å². The van der Waals surface area contributed by atoms with E-state index in [4.69, 9.17) is 4.42 Å². The summed E-state index contributed by atoms with van der Waals surface area (Å²) < 4.78 is 5.58. The highest BCUT2D eigenvalue weighted by Crippen LogP contribution is 2.13. The zero-order chi connectivity index (χ0) is 18.2. The minimum atomic E-state index is 0.317. The monoisotopic (exact) mass is 343 g/mol. The molecule has 0 saturated heterocycles. The van der Waals surface area contributed by atoms with Crippen molar-refractivity contribution in [3.05, 3.63) is 47.7 Å². The Kier molecular flexibility index (Phi) is 6.86. The summed E-state index contributed by atoms with van der Waals surface area (Å²) in [4.78, 5) is 11.2. The van der Waals surface area contributed by atoms with E-state index in [0.717, 1.165) is 30.5 Å². The molecular weight excluding hydrogens is 314 g/mol. The van der Waals surface area contributed by atoms with E-state index in [2.05, 4.69) is 70.7 Å². The predicted octanol–water partition coefficient (Wildman–Crippen LogP) is 2.87. The van der Waals surface area contributed by atoms with E-state index >= 15 is 0 Å². The lowest BCUT2D eigenvalue weighted by Gasteiger charge is -2.27. The van der Waals surface area contributed by atoms with Crippen LogP contribution in [-0.2, 0) is 6.54 Å². The number of benzene rings is 1. The van der Waals surface area contributed by atoms with Gasteiger partial charge in [-0.15, -0.1) is 0 Å². The molecule has 0 aliphatic rings. The van der Waals surface area contributed by atoms with Gasteiger partial charge in [-0.05, 0) is 39.8 Å². The minimum absolute atomic E-state index is 0.317. The van der Waals surface area contributed by atoms with Crippen molar-refractivity contribution in [3.63, 3.8) is 0 Å². The van der Waals surface area contributed by atoms with Crippen LogP contribution in [-0.4, -0.2) is 37.1 Å². The number of likely N-dealkylation sites (N-methyl/N-ethyl adjacent to an activating group) is 1. The summed E-state index contributed by atoms with van der Waals surface area (Å²) in [5, 5.41) is 6.65. The van der Waals surface area contributed by atoms with Gasteiger partial charge in [0.1, 0.15) is 12.3 Å². The molecule has 0 aliphatic heterocycles. The lowest BCUT2D eigenvalue weighted by Crippen LogP contribution is -2.45. The lowest BCUT2D eigenvalue weighted by atomic mass is 10.2. The summed E-state index contributed by atoms with van der Waals surface area (Å²) in [6.07, 6.45) is 0. The van der Waals surface area contributed by atoms with Crippen LogP contribution in [0, 0.1) is 13.8 Å². The van der Waals surface area contributed by atoms with Gasteiger partial charge in [-0.25, -0.2) is 9.98 Å². The van der Waals surface area contributed by atoms with Gasteiger partial charge in [-0.1, -0.05) is 18.2 Å². The Morgan fingerprint density at radius 2 is 1.96 bits per heavy atom. The summed E-state index contributed by atoms with van der Waals surface area (Å²) in [7, 11) is 2.10. The molecule has 2 aromatic rings. The number of nitrogens with one attached hydrogen (secondary N) is 2. The molecular formula is C19H29N5O. The zero-order valence-corrected chi connectivity index (χ0v) is 15.8. The zero-order valence-electron chi connectivity index (χ0n) is 15.8. The van der Waals surface area contributed by atoms with Gasteiger partial charge in [-0.2, -0.15) is 0 Å². The maximum Gasteiger partial charge on any atom is 0.216 e. The number of aryl methyl sites for hydroxylation is 2. The topological polar surface area (TPSA) is 65.7 Å². The third-order valence-electron chi connectivity index (χ3n) is 4.18. The minimum Gasteiger partial charge on any atom is -0.444 e. The molecule has 2 rings (SSSR count). The summed E-state index contributed by atoms with van der Waals surface area (Å²) >= 11 is 0. The molecule has 6 nitrogen and oxygen atoms in total. The fraction of sp³-hybridized carbons (Fsp3) is 0.474. The molecule has 0 saturated carbocycles. The second-order valence-corrected chi connectivity index (χ2v) is 6.12. The first-order valence-electron chi connectivity index (χ1n) is 8.74. The van der Waals surface area contributed by atoms with Gasteiger partial charge in [0.25, 0.3) is 0 Å². The van der Waals surface area contributed by atoms with E-state index in [1.165, 1.54) is 5.69 Å². The van der Waals surface area contributed by atoms with Crippen molar-refractivity contribution in [2.24, 2.45) is 4.99 Å². The fourth-order valence-corrected chi connectivity index (χ4v) is 2.39. The van der Waals surface area contributed by atoms with Crippen LogP contribution >= 0.6 is 0 Å². The summed E-state index contributed by atoms with van der Waals surface area (Å²) in [5.74, 6) is 2.26. The van der Waals surface area contributed by atoms with Crippen molar-refractivity contribution in [2.75, 3.05) is 25.0 Å². The maximum atomic E-state index is 5.58. The van der Waals surface area contributed by atoms with Gasteiger partial charge in [-0.3, -0.25) is 0 Å². The van der Waals surface area contributed by atoms with Crippen LogP contribution in [0.2, 0.25) is 0 Å². The maximum absolute atomic E-state index is 5.58. The molecule has 0 aliphatic carbocycles. The quantitative estimate of drug-likeness (QED) is 0.598. The second-order valence-electron chi connectivity index (χ2n) is 6.12. The summed E-state index contributed by atoms with van der Waals surface area (Å²) in [6.45, 7) is 10.1.